The monoisotopic (exact) mass is 321 g/mol. The lowest BCUT2D eigenvalue weighted by Gasteiger charge is -2.08. The molecule has 0 N–H and O–H groups in total. The fourth-order valence-electron chi connectivity index (χ4n) is 2.71. The van der Waals surface area contributed by atoms with E-state index in [0.29, 0.717) is 16.8 Å². The van der Waals surface area contributed by atoms with Crippen LogP contribution in [0.3, 0.4) is 0 Å². The van der Waals surface area contributed by atoms with Gasteiger partial charge in [0.25, 0.3) is 0 Å². The lowest BCUT2D eigenvalue weighted by Crippen LogP contribution is -1.99. The summed E-state index contributed by atoms with van der Waals surface area (Å²) in [6.07, 6.45) is 3.60. The molecule has 0 aliphatic rings. The van der Waals surface area contributed by atoms with Gasteiger partial charge >= 0.3 is 0 Å². The smallest absolute Gasteiger partial charge is 0.127 e. The third-order valence-corrected chi connectivity index (χ3v) is 3.92. The van der Waals surface area contributed by atoms with Crippen LogP contribution in [0.25, 0.3) is 16.7 Å². The highest BCUT2D eigenvalue weighted by Gasteiger charge is 2.07. The topological polar surface area (TPSA) is 50.8 Å². The van der Waals surface area contributed by atoms with Crippen molar-refractivity contribution in [3.63, 3.8) is 0 Å². The Balaban J connectivity index is 1.62. The van der Waals surface area contributed by atoms with Crippen LogP contribution in [0.5, 0.6) is 11.5 Å². The Labute approximate surface area is 146 Å². The molecule has 0 fully saturated rings. The molecule has 5 heteroatoms. The van der Waals surface area contributed by atoms with Gasteiger partial charge in [-0.25, -0.2) is 0 Å². The zero-order chi connectivity index (χ0) is 17.2. The molecule has 0 spiro atoms. The van der Waals surface area contributed by atoms with Gasteiger partial charge in [0, 0.05) is 18.1 Å². The number of pyridine rings is 1. The highest BCUT2D eigenvalue weighted by atomic mass is 16.5. The minimum atomic E-state index is 0.605. The Morgan fingerprint density at radius 2 is 1.64 bits per heavy atom. The predicted molar refractivity (Wildman–Crippen MR) is 97.7 cm³/mol. The van der Waals surface area contributed by atoms with Gasteiger partial charge in [-0.2, -0.15) is 5.26 Å². The van der Waals surface area contributed by atoms with Gasteiger partial charge in [-0.05, 0) is 60.7 Å². The van der Waals surface area contributed by atoms with Gasteiger partial charge < -0.3 is 9.30 Å². The summed E-state index contributed by atoms with van der Waals surface area (Å²) >= 11 is 0. The van der Waals surface area contributed by atoms with Crippen molar-refractivity contribution >= 4 is 24.3 Å². The molecule has 2 aromatic heterocycles. The Morgan fingerprint density at radius 3 is 2.32 bits per heavy atom. The molecule has 0 saturated carbocycles. The minimum absolute atomic E-state index is 0.605. The average Bonchev–Trinajstić information content (AvgIpc) is 3.00. The van der Waals surface area contributed by atoms with Crippen molar-refractivity contribution in [3.05, 3.63) is 78.6 Å². The number of ether oxygens (including phenoxy) is 1. The van der Waals surface area contributed by atoms with Crippen LogP contribution in [0.2, 0.25) is 0 Å². The quantitative estimate of drug-likeness (QED) is 0.543. The molecular weight excluding hydrogens is 309 g/mol. The summed E-state index contributed by atoms with van der Waals surface area (Å²) in [5, 5.41) is 8.83. The Morgan fingerprint density at radius 1 is 0.960 bits per heavy atom. The van der Waals surface area contributed by atoms with Crippen LogP contribution in [0.15, 0.2) is 73.1 Å². The second kappa shape index (κ2) is 6.18. The van der Waals surface area contributed by atoms with E-state index in [9.17, 15) is 0 Å². The molecule has 0 amide bonds. The van der Waals surface area contributed by atoms with Gasteiger partial charge in [-0.3, -0.25) is 4.98 Å². The molecule has 0 unspecified atom stereocenters. The molecule has 116 valence electrons. The van der Waals surface area contributed by atoms with Crippen LogP contribution in [-0.2, 0) is 0 Å². The molecule has 4 rings (SSSR count). The van der Waals surface area contributed by atoms with Crippen LogP contribution in [0.1, 0.15) is 5.56 Å². The van der Waals surface area contributed by atoms with Gasteiger partial charge in [0.15, 0.2) is 0 Å². The lowest BCUT2D eigenvalue weighted by atomic mass is 9.99. The van der Waals surface area contributed by atoms with Gasteiger partial charge in [-0.15, -0.1) is 0 Å². The van der Waals surface area contributed by atoms with Crippen LogP contribution >= 0.6 is 0 Å². The van der Waals surface area contributed by atoms with E-state index in [1.807, 2.05) is 47.2 Å². The van der Waals surface area contributed by atoms with Crippen molar-refractivity contribution in [2.45, 2.75) is 0 Å². The predicted octanol–water partition coefficient (Wildman–Crippen LogP) is 3.48. The van der Waals surface area contributed by atoms with Crippen LogP contribution in [0.4, 0.5) is 0 Å². The van der Waals surface area contributed by atoms with Crippen molar-refractivity contribution in [2.24, 2.45) is 0 Å². The molecule has 25 heavy (non-hydrogen) atoms. The molecule has 0 saturated heterocycles. The molecule has 2 radical (unpaired) electrons. The number of benzene rings is 2. The second-order valence-electron chi connectivity index (χ2n) is 5.56. The van der Waals surface area contributed by atoms with E-state index in [2.05, 4.69) is 11.1 Å². The third-order valence-electron chi connectivity index (χ3n) is 3.92. The van der Waals surface area contributed by atoms with Gasteiger partial charge in [0.05, 0.1) is 22.7 Å². The summed E-state index contributed by atoms with van der Waals surface area (Å²) in [4.78, 5) is 4.32. The standard InChI is InChI=1S/C20H12BN3O/c21-18-13-24(19-2-1-11-23-20(18)19)15-5-9-17(10-6-15)25-16-7-3-14(12-22)4-8-16/h1-11,13H. The summed E-state index contributed by atoms with van der Waals surface area (Å²) < 4.78 is 7.81. The van der Waals surface area contributed by atoms with E-state index in [4.69, 9.17) is 17.8 Å². The molecule has 4 nitrogen and oxygen atoms in total. The minimum Gasteiger partial charge on any atom is -0.457 e. The third kappa shape index (κ3) is 2.86. The lowest BCUT2D eigenvalue weighted by molar-refractivity contribution is 0.482. The maximum Gasteiger partial charge on any atom is 0.127 e. The number of nitriles is 1. The van der Waals surface area contributed by atoms with Crippen molar-refractivity contribution in [3.8, 4) is 23.3 Å². The van der Waals surface area contributed by atoms with Gasteiger partial charge in [0.2, 0.25) is 0 Å². The first kappa shape index (κ1) is 15.0. The summed E-state index contributed by atoms with van der Waals surface area (Å²) in [5.74, 6) is 1.41. The highest BCUT2D eigenvalue weighted by molar-refractivity contribution is 6.38. The summed E-state index contributed by atoms with van der Waals surface area (Å²) in [5.41, 5.74) is 3.98. The molecule has 0 aliphatic carbocycles. The first-order chi connectivity index (χ1) is 12.2. The molecule has 0 atom stereocenters. The summed E-state index contributed by atoms with van der Waals surface area (Å²) in [6.45, 7) is 0. The normalized spacial score (nSPS) is 10.5. The Hall–Kier alpha value is -3.52. The van der Waals surface area contributed by atoms with Gasteiger partial charge in [0.1, 0.15) is 19.3 Å². The fraction of sp³-hybridized carbons (Fsp3) is 0. The number of nitrogens with zero attached hydrogens (tertiary/aromatic N) is 3. The zero-order valence-electron chi connectivity index (χ0n) is 13.3. The second-order valence-corrected chi connectivity index (χ2v) is 5.56. The van der Waals surface area contributed by atoms with Gasteiger partial charge in [-0.1, -0.05) is 5.46 Å². The van der Waals surface area contributed by atoms with E-state index in [0.717, 1.165) is 22.5 Å². The molecule has 0 bridgehead atoms. The number of hydrogen-bond donors (Lipinski definition) is 0. The highest BCUT2D eigenvalue weighted by Crippen LogP contribution is 2.24. The number of hydrogen-bond acceptors (Lipinski definition) is 3. The van der Waals surface area contributed by atoms with Crippen molar-refractivity contribution < 1.29 is 4.74 Å². The summed E-state index contributed by atoms with van der Waals surface area (Å²) in [7, 11) is 6.04. The van der Waals surface area contributed by atoms with E-state index in [1.165, 1.54) is 0 Å². The van der Waals surface area contributed by atoms with E-state index >= 15 is 0 Å². The zero-order valence-corrected chi connectivity index (χ0v) is 13.3. The van der Waals surface area contributed by atoms with Crippen LogP contribution < -0.4 is 10.2 Å². The first-order valence-corrected chi connectivity index (χ1v) is 7.74. The largest absolute Gasteiger partial charge is 0.457 e. The average molecular weight is 321 g/mol. The Kier molecular flexibility index (Phi) is 3.72. The molecule has 2 heterocycles. The first-order valence-electron chi connectivity index (χ1n) is 7.74. The number of aromatic nitrogens is 2. The van der Waals surface area contributed by atoms with Crippen LogP contribution in [0, 0.1) is 11.3 Å². The van der Waals surface area contributed by atoms with Crippen molar-refractivity contribution in [2.75, 3.05) is 0 Å². The SMILES string of the molecule is [B]c1cn(-c2ccc(Oc3ccc(C#N)cc3)cc2)c2cccnc12. The van der Waals surface area contributed by atoms with Crippen molar-refractivity contribution in [1.82, 2.24) is 9.55 Å². The fourth-order valence-corrected chi connectivity index (χ4v) is 2.71. The number of fused-ring (bicyclic) bond motifs is 1. The summed E-state index contributed by atoms with van der Waals surface area (Å²) in [6, 6.07) is 20.7. The van der Waals surface area contributed by atoms with E-state index in [-0.39, 0.29) is 0 Å². The van der Waals surface area contributed by atoms with Crippen molar-refractivity contribution in [1.29, 1.82) is 5.26 Å². The van der Waals surface area contributed by atoms with E-state index < -0.39 is 0 Å². The maximum atomic E-state index is 8.83. The van der Waals surface area contributed by atoms with Crippen LogP contribution in [-0.4, -0.2) is 17.4 Å². The molecular formula is C20H12BN3O. The molecule has 4 aromatic rings. The Bertz CT molecular complexity index is 1080. The number of rotatable bonds is 3. The molecule has 0 aliphatic heterocycles. The van der Waals surface area contributed by atoms with E-state index in [1.54, 1.807) is 30.5 Å². The maximum absolute atomic E-state index is 8.83. The molecule has 2 aromatic carbocycles.